The highest BCUT2D eigenvalue weighted by molar-refractivity contribution is 7.90. The predicted octanol–water partition coefficient (Wildman–Crippen LogP) is 1.29. The van der Waals surface area contributed by atoms with E-state index in [4.69, 9.17) is 0 Å². The number of amides is 2. The molecule has 0 radical (unpaired) electrons. The molecule has 0 saturated heterocycles. The van der Waals surface area contributed by atoms with Gasteiger partial charge in [0.1, 0.15) is 11.6 Å². The summed E-state index contributed by atoms with van der Waals surface area (Å²) in [6, 6.07) is 5.34. The van der Waals surface area contributed by atoms with E-state index in [0.29, 0.717) is 23.5 Å². The molecule has 27 heavy (non-hydrogen) atoms. The number of benzene rings is 1. The van der Waals surface area contributed by atoms with Crippen LogP contribution in [0.3, 0.4) is 0 Å². The topological polar surface area (TPSA) is 110 Å². The molecule has 0 aliphatic carbocycles. The van der Waals surface area contributed by atoms with Crippen molar-refractivity contribution in [1.82, 2.24) is 15.1 Å². The van der Waals surface area contributed by atoms with Crippen LogP contribution in [0.2, 0.25) is 0 Å². The molecule has 10 heteroatoms. The first-order valence-electron chi connectivity index (χ1n) is 8.47. The Kier molecular flexibility index (Phi) is 5.26. The summed E-state index contributed by atoms with van der Waals surface area (Å²) >= 11 is 0. The number of fused-ring (bicyclic) bond motifs is 1. The lowest BCUT2D eigenvalue weighted by Gasteiger charge is -2.11. The summed E-state index contributed by atoms with van der Waals surface area (Å²) in [5.41, 5.74) is 1.08. The molecule has 0 fully saturated rings. The van der Waals surface area contributed by atoms with E-state index in [1.165, 1.54) is 28.9 Å². The second-order valence-electron chi connectivity index (χ2n) is 6.26. The van der Waals surface area contributed by atoms with Crippen LogP contribution >= 0.6 is 0 Å². The van der Waals surface area contributed by atoms with Gasteiger partial charge in [0.15, 0.2) is 9.84 Å². The monoisotopic (exact) mass is 394 g/mol. The van der Waals surface area contributed by atoms with Crippen LogP contribution in [-0.2, 0) is 30.9 Å². The Morgan fingerprint density at radius 2 is 1.89 bits per heavy atom. The first-order valence-corrected chi connectivity index (χ1v) is 10.3. The largest absolute Gasteiger partial charge is 0.348 e. The van der Waals surface area contributed by atoms with Gasteiger partial charge in [0.25, 0.3) is 0 Å². The lowest BCUT2D eigenvalue weighted by atomic mass is 10.2. The van der Waals surface area contributed by atoms with Crippen molar-refractivity contribution in [1.29, 1.82) is 0 Å². The van der Waals surface area contributed by atoms with Crippen molar-refractivity contribution in [2.75, 3.05) is 11.9 Å². The summed E-state index contributed by atoms with van der Waals surface area (Å²) in [5, 5.41) is 9.20. The van der Waals surface area contributed by atoms with Crippen molar-refractivity contribution < 1.29 is 22.4 Å². The van der Waals surface area contributed by atoms with Gasteiger partial charge in [0.2, 0.25) is 0 Å². The van der Waals surface area contributed by atoms with Crippen LogP contribution in [0.25, 0.3) is 5.69 Å². The molecule has 0 bridgehead atoms. The van der Waals surface area contributed by atoms with Gasteiger partial charge >= 0.3 is 11.8 Å². The van der Waals surface area contributed by atoms with Crippen LogP contribution in [0.1, 0.15) is 31.0 Å². The fraction of sp³-hybridized carbons (Fsp3) is 0.353. The summed E-state index contributed by atoms with van der Waals surface area (Å²) in [5.74, 6) is -2.60. The van der Waals surface area contributed by atoms with Gasteiger partial charge in [-0.3, -0.25) is 9.59 Å². The molecule has 144 valence electrons. The van der Waals surface area contributed by atoms with Crippen LogP contribution in [0.4, 0.5) is 10.2 Å². The van der Waals surface area contributed by atoms with E-state index < -0.39 is 27.5 Å². The third-order valence-corrected chi connectivity index (χ3v) is 5.55. The second kappa shape index (κ2) is 7.47. The minimum Gasteiger partial charge on any atom is -0.348 e. The normalized spacial score (nSPS) is 14.6. The zero-order valence-electron chi connectivity index (χ0n) is 14.7. The maximum atomic E-state index is 13.2. The molecule has 0 atom stereocenters. The summed E-state index contributed by atoms with van der Waals surface area (Å²) in [6.45, 7) is 2.32. The van der Waals surface area contributed by atoms with E-state index in [9.17, 15) is 22.4 Å². The van der Waals surface area contributed by atoms with E-state index in [0.717, 1.165) is 12.8 Å². The molecule has 1 aliphatic rings. The van der Waals surface area contributed by atoms with Crippen LogP contribution in [-0.4, -0.2) is 36.6 Å². The molecule has 2 aromatic rings. The minimum atomic E-state index is -3.35. The molecule has 8 nitrogen and oxygen atoms in total. The molecular formula is C17H19FN4O4S. The molecular weight excluding hydrogens is 375 g/mol. The molecule has 0 saturated carbocycles. The highest BCUT2D eigenvalue weighted by Crippen LogP contribution is 2.32. The smallest absolute Gasteiger partial charge is 0.314 e. The maximum Gasteiger partial charge on any atom is 0.314 e. The number of rotatable bonds is 5. The van der Waals surface area contributed by atoms with Crippen LogP contribution in [0, 0.1) is 5.82 Å². The highest BCUT2D eigenvalue weighted by atomic mass is 32.2. The van der Waals surface area contributed by atoms with Crippen molar-refractivity contribution in [2.45, 2.75) is 31.3 Å². The molecule has 1 aliphatic heterocycles. The number of nitrogens with one attached hydrogen (secondary N) is 2. The molecule has 2 heterocycles. The Morgan fingerprint density at radius 1 is 1.19 bits per heavy atom. The number of halogens is 1. The quantitative estimate of drug-likeness (QED) is 0.587. The average molecular weight is 394 g/mol. The van der Waals surface area contributed by atoms with Gasteiger partial charge in [-0.25, -0.2) is 17.5 Å². The number of nitrogens with zero attached hydrogens (tertiary/aromatic N) is 2. The van der Waals surface area contributed by atoms with Gasteiger partial charge in [-0.15, -0.1) is 0 Å². The van der Waals surface area contributed by atoms with E-state index >= 15 is 0 Å². The van der Waals surface area contributed by atoms with E-state index in [1.54, 1.807) is 0 Å². The molecule has 1 aromatic heterocycles. The second-order valence-corrected chi connectivity index (χ2v) is 8.32. The number of hydrogen-bond acceptors (Lipinski definition) is 5. The molecule has 2 amide bonds. The van der Waals surface area contributed by atoms with E-state index in [2.05, 4.69) is 15.7 Å². The van der Waals surface area contributed by atoms with Crippen molar-refractivity contribution in [2.24, 2.45) is 0 Å². The lowest BCUT2D eigenvalue weighted by Crippen LogP contribution is -2.36. The van der Waals surface area contributed by atoms with Gasteiger partial charge in [-0.05, 0) is 30.7 Å². The van der Waals surface area contributed by atoms with Gasteiger partial charge in [0.05, 0.1) is 22.9 Å². The highest BCUT2D eigenvalue weighted by Gasteiger charge is 2.33. The molecule has 2 N–H and O–H groups in total. The maximum absolute atomic E-state index is 13.2. The number of anilines is 1. The first-order chi connectivity index (χ1) is 12.8. The summed E-state index contributed by atoms with van der Waals surface area (Å²) in [7, 11) is -3.35. The number of carbonyl (C=O) groups excluding carboxylic acids is 2. The van der Waals surface area contributed by atoms with Gasteiger partial charge < -0.3 is 10.6 Å². The van der Waals surface area contributed by atoms with E-state index in [-0.39, 0.29) is 17.3 Å². The van der Waals surface area contributed by atoms with Gasteiger partial charge in [0, 0.05) is 12.1 Å². The molecule has 1 aromatic carbocycles. The fourth-order valence-corrected chi connectivity index (χ4v) is 4.26. The Labute approximate surface area is 155 Å². The van der Waals surface area contributed by atoms with Crippen molar-refractivity contribution >= 4 is 27.5 Å². The Morgan fingerprint density at radius 3 is 2.56 bits per heavy atom. The van der Waals surface area contributed by atoms with Crippen molar-refractivity contribution in [3.8, 4) is 5.69 Å². The average Bonchev–Trinajstić information content (AvgIpc) is 3.08. The van der Waals surface area contributed by atoms with Crippen LogP contribution < -0.4 is 10.6 Å². The third-order valence-electron chi connectivity index (χ3n) is 4.11. The number of unbranched alkanes of at least 4 members (excludes halogenated alkanes) is 1. The SMILES string of the molecule is CCCCNC(=O)C(=O)Nc1c2c(nn1-c1ccc(F)cc1)CS(=O)(=O)C2. The standard InChI is InChI=1S/C17H19FN4O4S/c1-2-3-8-19-16(23)17(24)20-15-13-9-27(25,26)10-14(13)21-22(15)12-6-4-11(18)5-7-12/h4-7H,2-3,8-10H2,1H3,(H,19,23)(H,20,24). The summed E-state index contributed by atoms with van der Waals surface area (Å²) < 4.78 is 38.3. The molecule has 0 spiro atoms. The van der Waals surface area contributed by atoms with Gasteiger partial charge in [-0.2, -0.15) is 5.10 Å². The van der Waals surface area contributed by atoms with Crippen LogP contribution in [0.5, 0.6) is 0 Å². The van der Waals surface area contributed by atoms with Gasteiger partial charge in [-0.1, -0.05) is 13.3 Å². The third kappa shape index (κ3) is 4.16. The van der Waals surface area contributed by atoms with E-state index in [1.807, 2.05) is 6.92 Å². The van der Waals surface area contributed by atoms with Crippen LogP contribution in [0.15, 0.2) is 24.3 Å². The summed E-state index contributed by atoms with van der Waals surface area (Å²) in [4.78, 5) is 24.2. The Balaban J connectivity index is 1.92. The summed E-state index contributed by atoms with van der Waals surface area (Å²) in [6.07, 6.45) is 1.60. The predicted molar refractivity (Wildman–Crippen MR) is 96.4 cm³/mol. The number of sulfone groups is 1. The Hall–Kier alpha value is -2.75. The molecule has 0 unspecified atom stereocenters. The van der Waals surface area contributed by atoms with Crippen molar-refractivity contribution in [3.63, 3.8) is 0 Å². The Bertz CT molecular complexity index is 983. The molecule has 3 rings (SSSR count). The number of carbonyl (C=O) groups is 2. The van der Waals surface area contributed by atoms with Crippen molar-refractivity contribution in [3.05, 3.63) is 41.3 Å². The number of hydrogen-bond donors (Lipinski definition) is 2. The first kappa shape index (κ1) is 19.0. The fourth-order valence-electron chi connectivity index (χ4n) is 2.76. The number of aromatic nitrogens is 2. The zero-order valence-corrected chi connectivity index (χ0v) is 15.5. The lowest BCUT2D eigenvalue weighted by molar-refractivity contribution is -0.136. The zero-order chi connectivity index (χ0) is 19.6. The minimum absolute atomic E-state index is 0.105.